The molecule has 6 nitrogen and oxygen atoms in total. The van der Waals surface area contributed by atoms with Gasteiger partial charge in [-0.05, 0) is 53.4 Å². The standard InChI is InChI=1S/C51H100NO5P/c1-7-9-11-13-15-17-19-21-23-25-27-29-31-33-35-37-41-56-48(53)39-43-58(55,47-45-50(3,4)52-51(5,6)46-47)44-40-49(54)57-42-38-36-34-32-30-28-26-24-22-20-18-16-14-12-10-8-2/h47,52H,7-46H2,1-6H3. The van der Waals surface area contributed by atoms with Crippen LogP contribution in [0.15, 0.2) is 0 Å². The monoisotopic (exact) mass is 838 g/mol. The fraction of sp³-hybridized carbons (Fsp3) is 0.961. The van der Waals surface area contributed by atoms with E-state index in [0.717, 1.165) is 38.5 Å². The van der Waals surface area contributed by atoms with Crippen LogP contribution in [0.1, 0.15) is 273 Å². The molecule has 0 amide bonds. The minimum atomic E-state index is -2.86. The molecule has 0 aromatic rings. The van der Waals surface area contributed by atoms with Gasteiger partial charge >= 0.3 is 11.9 Å². The first-order valence-corrected chi connectivity index (χ1v) is 27.8. The van der Waals surface area contributed by atoms with Gasteiger partial charge in [-0.2, -0.15) is 0 Å². The summed E-state index contributed by atoms with van der Waals surface area (Å²) in [4.78, 5) is 25.7. The lowest BCUT2D eigenvalue weighted by molar-refractivity contribution is -0.144. The fourth-order valence-corrected chi connectivity index (χ4v) is 13.1. The Kier molecular flexibility index (Phi) is 33.9. The molecule has 0 spiro atoms. The highest BCUT2D eigenvalue weighted by Crippen LogP contribution is 2.58. The summed E-state index contributed by atoms with van der Waals surface area (Å²) >= 11 is 0. The van der Waals surface area contributed by atoms with Crippen molar-refractivity contribution in [1.82, 2.24) is 5.32 Å². The first-order chi connectivity index (χ1) is 27.9. The zero-order valence-corrected chi connectivity index (χ0v) is 40.7. The molecule has 0 bridgehead atoms. The summed E-state index contributed by atoms with van der Waals surface area (Å²) < 4.78 is 26.0. The Morgan fingerprint density at radius 2 is 0.690 bits per heavy atom. The number of rotatable bonds is 41. The smallest absolute Gasteiger partial charge is 0.306 e. The summed E-state index contributed by atoms with van der Waals surface area (Å²) in [7, 11) is -2.86. The maximum atomic E-state index is 14.8. The van der Waals surface area contributed by atoms with Gasteiger partial charge in [-0.3, -0.25) is 9.59 Å². The quantitative estimate of drug-likeness (QED) is 0.0375. The zero-order valence-electron chi connectivity index (χ0n) is 39.9. The van der Waals surface area contributed by atoms with Gasteiger partial charge in [0.05, 0.1) is 33.2 Å². The van der Waals surface area contributed by atoms with E-state index in [4.69, 9.17) is 9.47 Å². The van der Waals surface area contributed by atoms with Gasteiger partial charge in [0.2, 0.25) is 0 Å². The predicted molar refractivity (Wildman–Crippen MR) is 252 cm³/mol. The normalized spacial score (nSPS) is 15.5. The van der Waals surface area contributed by atoms with Crippen molar-refractivity contribution in [3.8, 4) is 0 Å². The molecule has 0 aromatic carbocycles. The van der Waals surface area contributed by atoms with E-state index in [0.29, 0.717) is 25.5 Å². The molecule has 58 heavy (non-hydrogen) atoms. The lowest BCUT2D eigenvalue weighted by atomic mass is 9.82. The average molecular weight is 838 g/mol. The van der Waals surface area contributed by atoms with Crippen LogP contribution in [0.25, 0.3) is 0 Å². The van der Waals surface area contributed by atoms with E-state index in [-0.39, 0.29) is 41.5 Å². The van der Waals surface area contributed by atoms with Crippen molar-refractivity contribution in [2.45, 2.75) is 289 Å². The lowest BCUT2D eigenvalue weighted by Gasteiger charge is -2.48. The lowest BCUT2D eigenvalue weighted by Crippen LogP contribution is -2.59. The molecule has 344 valence electrons. The number of ether oxygens (including phenoxy) is 2. The second-order valence-electron chi connectivity index (χ2n) is 19.9. The van der Waals surface area contributed by atoms with E-state index in [2.05, 4.69) is 46.9 Å². The zero-order chi connectivity index (χ0) is 42.6. The van der Waals surface area contributed by atoms with Gasteiger partial charge in [-0.25, -0.2) is 0 Å². The van der Waals surface area contributed by atoms with E-state index in [9.17, 15) is 14.2 Å². The highest BCUT2D eigenvalue weighted by Gasteiger charge is 2.45. The molecule has 1 heterocycles. The van der Waals surface area contributed by atoms with Crippen LogP contribution in [0.3, 0.4) is 0 Å². The third kappa shape index (κ3) is 31.9. The molecular formula is C51H100NO5P. The van der Waals surface area contributed by atoms with E-state index < -0.39 is 7.14 Å². The Bertz CT molecular complexity index is 954. The number of hydrogen-bond donors (Lipinski definition) is 1. The molecule has 1 saturated heterocycles. The largest absolute Gasteiger partial charge is 0.466 e. The second kappa shape index (κ2) is 35.7. The summed E-state index contributed by atoms with van der Waals surface area (Å²) in [6.45, 7) is 14.1. The molecule has 0 radical (unpaired) electrons. The van der Waals surface area contributed by atoms with E-state index in [1.54, 1.807) is 0 Å². The molecule has 1 aliphatic rings. The third-order valence-electron chi connectivity index (χ3n) is 12.7. The van der Waals surface area contributed by atoms with Gasteiger partial charge < -0.3 is 19.4 Å². The minimum Gasteiger partial charge on any atom is -0.466 e. The highest BCUT2D eigenvalue weighted by molar-refractivity contribution is 7.64. The van der Waals surface area contributed by atoms with Crippen molar-refractivity contribution in [3.63, 3.8) is 0 Å². The third-order valence-corrected chi connectivity index (χ3v) is 16.4. The Balaban J connectivity index is 2.25. The molecule has 1 aliphatic heterocycles. The van der Waals surface area contributed by atoms with Gasteiger partial charge in [0, 0.05) is 29.1 Å². The summed E-state index contributed by atoms with van der Waals surface area (Å²) in [5.41, 5.74) is -0.354. The van der Waals surface area contributed by atoms with Crippen molar-refractivity contribution in [1.29, 1.82) is 0 Å². The summed E-state index contributed by atoms with van der Waals surface area (Å²) in [6, 6.07) is 0. The number of piperidine rings is 1. The molecular weight excluding hydrogens is 738 g/mol. The number of esters is 2. The molecule has 7 heteroatoms. The van der Waals surface area contributed by atoms with Crippen molar-refractivity contribution >= 4 is 19.1 Å². The molecule has 0 aliphatic carbocycles. The van der Waals surface area contributed by atoms with Crippen LogP contribution in [-0.2, 0) is 23.6 Å². The average Bonchev–Trinajstić information content (AvgIpc) is 3.17. The molecule has 1 fully saturated rings. The van der Waals surface area contributed by atoms with Gasteiger partial charge in [-0.1, -0.05) is 206 Å². The molecule has 0 unspecified atom stereocenters. The maximum Gasteiger partial charge on any atom is 0.306 e. The van der Waals surface area contributed by atoms with Crippen LogP contribution < -0.4 is 5.32 Å². The predicted octanol–water partition coefficient (Wildman–Crippen LogP) is 16.0. The van der Waals surface area contributed by atoms with E-state index >= 15 is 0 Å². The minimum absolute atomic E-state index is 0.0278. The van der Waals surface area contributed by atoms with Gasteiger partial charge in [0.15, 0.2) is 0 Å². The summed E-state index contributed by atoms with van der Waals surface area (Å²) in [5.74, 6) is -0.501. The van der Waals surface area contributed by atoms with Gasteiger partial charge in [0.1, 0.15) is 0 Å². The number of carbonyl (C=O) groups excluding carboxylic acids is 2. The topological polar surface area (TPSA) is 81.7 Å². The Labute approximate surface area is 361 Å². The van der Waals surface area contributed by atoms with Crippen LogP contribution in [0.2, 0.25) is 0 Å². The van der Waals surface area contributed by atoms with Crippen LogP contribution in [0, 0.1) is 0 Å². The van der Waals surface area contributed by atoms with E-state index in [1.165, 1.54) is 180 Å². The number of hydrogen-bond acceptors (Lipinski definition) is 6. The molecule has 0 atom stereocenters. The summed E-state index contributed by atoms with van der Waals surface area (Å²) in [6.07, 6.45) is 44.6. The number of nitrogens with one attached hydrogen (secondary N) is 1. The van der Waals surface area contributed by atoms with E-state index in [1.807, 2.05) is 0 Å². The highest BCUT2D eigenvalue weighted by atomic mass is 31.2. The number of unbranched alkanes of at least 4 members (excludes halogenated alkanes) is 30. The fourth-order valence-electron chi connectivity index (χ4n) is 9.46. The molecule has 1 rings (SSSR count). The first kappa shape index (κ1) is 55.1. The van der Waals surface area contributed by atoms with Crippen LogP contribution >= 0.6 is 7.14 Å². The van der Waals surface area contributed by atoms with Crippen molar-refractivity contribution in [2.75, 3.05) is 25.5 Å². The molecule has 1 N–H and O–H groups in total. The SMILES string of the molecule is CCCCCCCCCCCCCCCCCCOC(=O)CCP(=O)(CCC(=O)OCCCCCCCCCCCCCCCCCC)C1CC(C)(C)NC(C)(C)C1. The second-order valence-corrected chi connectivity index (χ2v) is 23.4. The van der Waals surface area contributed by atoms with Crippen molar-refractivity contribution in [2.24, 2.45) is 0 Å². The number of carbonyl (C=O) groups is 2. The van der Waals surface area contributed by atoms with Gasteiger partial charge in [-0.15, -0.1) is 0 Å². The van der Waals surface area contributed by atoms with Crippen LogP contribution in [0.4, 0.5) is 0 Å². The molecule has 0 saturated carbocycles. The Morgan fingerprint density at radius 3 is 0.948 bits per heavy atom. The van der Waals surface area contributed by atoms with Crippen LogP contribution in [-0.4, -0.2) is 54.2 Å². The van der Waals surface area contributed by atoms with Crippen LogP contribution in [0.5, 0.6) is 0 Å². The molecule has 0 aromatic heterocycles. The Hall–Kier alpha value is -0.870. The van der Waals surface area contributed by atoms with Gasteiger partial charge in [0.25, 0.3) is 0 Å². The van der Waals surface area contributed by atoms with Crippen molar-refractivity contribution in [3.05, 3.63) is 0 Å². The van der Waals surface area contributed by atoms with Crippen molar-refractivity contribution < 1.29 is 23.6 Å². The maximum absolute atomic E-state index is 14.8. The Morgan fingerprint density at radius 1 is 0.448 bits per heavy atom. The first-order valence-electron chi connectivity index (χ1n) is 25.6. The summed E-state index contributed by atoms with van der Waals surface area (Å²) in [5, 5.41) is 3.71.